The van der Waals surface area contributed by atoms with Crippen molar-refractivity contribution in [3.05, 3.63) is 40.4 Å². The number of hydrogen-bond acceptors (Lipinski definition) is 2. The standard InChI is InChI=1S/C15H14ClF3N2O2/c1-9(2)5-6-23-14(15(17,18)19)8-20-13(22)21-12-4-3-10(16)7-11(12)14/h3-5,7-8H,6H2,1-2H3,(H,21,22)/t14-/m1/s1. The number of aliphatic imine (C=N–C) groups is 1. The molecular weight excluding hydrogens is 333 g/mol. The van der Waals surface area contributed by atoms with Gasteiger partial charge in [0.15, 0.2) is 0 Å². The number of nitrogens with zero attached hydrogens (tertiary/aromatic N) is 1. The number of carbonyl (C=O) groups excluding carboxylic acids is 1. The van der Waals surface area contributed by atoms with Crippen LogP contribution in [0.1, 0.15) is 19.4 Å². The molecule has 1 aromatic rings. The Morgan fingerprint density at radius 3 is 2.74 bits per heavy atom. The van der Waals surface area contributed by atoms with Crippen molar-refractivity contribution in [2.24, 2.45) is 4.99 Å². The highest BCUT2D eigenvalue weighted by Gasteiger charge is 2.58. The van der Waals surface area contributed by atoms with Gasteiger partial charge in [-0.15, -0.1) is 0 Å². The van der Waals surface area contributed by atoms with Crippen molar-refractivity contribution in [1.29, 1.82) is 0 Å². The van der Waals surface area contributed by atoms with E-state index in [2.05, 4.69) is 10.3 Å². The number of nitrogens with one attached hydrogen (secondary N) is 1. The third kappa shape index (κ3) is 3.56. The zero-order valence-electron chi connectivity index (χ0n) is 12.4. The van der Waals surface area contributed by atoms with E-state index in [0.717, 1.165) is 11.6 Å². The summed E-state index contributed by atoms with van der Waals surface area (Å²) >= 11 is 5.84. The van der Waals surface area contributed by atoms with Crippen molar-refractivity contribution in [2.75, 3.05) is 11.9 Å². The second kappa shape index (κ2) is 6.33. The molecule has 0 saturated heterocycles. The van der Waals surface area contributed by atoms with E-state index in [1.165, 1.54) is 18.2 Å². The maximum atomic E-state index is 13.8. The third-order valence-electron chi connectivity index (χ3n) is 3.21. The first-order valence-corrected chi connectivity index (χ1v) is 7.04. The molecule has 0 bridgehead atoms. The molecule has 1 N–H and O–H groups in total. The lowest BCUT2D eigenvalue weighted by atomic mass is 9.92. The molecule has 0 fully saturated rings. The molecule has 1 heterocycles. The average Bonchev–Trinajstić information content (AvgIpc) is 2.56. The van der Waals surface area contributed by atoms with Crippen LogP contribution in [0.25, 0.3) is 0 Å². The van der Waals surface area contributed by atoms with E-state index in [-0.39, 0.29) is 22.9 Å². The molecule has 0 spiro atoms. The van der Waals surface area contributed by atoms with Gasteiger partial charge in [-0.3, -0.25) is 0 Å². The van der Waals surface area contributed by atoms with Crippen molar-refractivity contribution in [2.45, 2.75) is 25.6 Å². The number of allylic oxidation sites excluding steroid dienone is 1. The van der Waals surface area contributed by atoms with Crippen LogP contribution in [-0.2, 0) is 10.3 Å². The van der Waals surface area contributed by atoms with E-state index in [9.17, 15) is 18.0 Å². The summed E-state index contributed by atoms with van der Waals surface area (Å²) in [5.41, 5.74) is -2.42. The molecule has 2 rings (SSSR count). The molecular formula is C15H14ClF3N2O2. The van der Waals surface area contributed by atoms with Crippen LogP contribution in [0.3, 0.4) is 0 Å². The summed E-state index contributed by atoms with van der Waals surface area (Å²) in [6.45, 7) is 3.18. The molecule has 1 aromatic carbocycles. The molecule has 1 aliphatic heterocycles. The molecule has 1 aliphatic rings. The number of hydrogen-bond donors (Lipinski definition) is 1. The fourth-order valence-electron chi connectivity index (χ4n) is 2.06. The van der Waals surface area contributed by atoms with Crippen LogP contribution in [0, 0.1) is 0 Å². The number of anilines is 1. The number of urea groups is 1. The van der Waals surface area contributed by atoms with E-state index in [4.69, 9.17) is 16.3 Å². The number of fused-ring (bicyclic) bond motifs is 1. The summed E-state index contributed by atoms with van der Waals surface area (Å²) < 4.78 is 46.6. The lowest BCUT2D eigenvalue weighted by Gasteiger charge is -2.32. The van der Waals surface area contributed by atoms with E-state index < -0.39 is 17.8 Å². The summed E-state index contributed by atoms with van der Waals surface area (Å²) in [6, 6.07) is 2.87. The van der Waals surface area contributed by atoms with Gasteiger partial charge in [-0.2, -0.15) is 13.2 Å². The Kier molecular flexibility index (Phi) is 4.81. The van der Waals surface area contributed by atoms with Gasteiger partial charge in [0.05, 0.1) is 12.8 Å². The number of rotatable bonds is 3. The predicted molar refractivity (Wildman–Crippen MR) is 82.1 cm³/mol. The molecule has 23 heavy (non-hydrogen) atoms. The minimum atomic E-state index is -4.84. The number of carbonyl (C=O) groups is 1. The van der Waals surface area contributed by atoms with Crippen LogP contribution in [-0.4, -0.2) is 25.0 Å². The lowest BCUT2D eigenvalue weighted by molar-refractivity contribution is -0.248. The molecule has 0 radical (unpaired) electrons. The third-order valence-corrected chi connectivity index (χ3v) is 3.45. The number of ether oxygens (including phenoxy) is 1. The van der Waals surface area contributed by atoms with Crippen molar-refractivity contribution in [3.8, 4) is 0 Å². The normalized spacial score (nSPS) is 20.5. The van der Waals surface area contributed by atoms with Crippen molar-refractivity contribution in [1.82, 2.24) is 0 Å². The number of halogens is 4. The second-order valence-corrected chi connectivity index (χ2v) is 5.64. The topological polar surface area (TPSA) is 50.7 Å². The van der Waals surface area contributed by atoms with E-state index in [1.54, 1.807) is 13.8 Å². The Morgan fingerprint density at radius 1 is 1.43 bits per heavy atom. The minimum absolute atomic E-state index is 0.0496. The van der Waals surface area contributed by atoms with Crippen LogP contribution < -0.4 is 5.32 Å². The fourth-order valence-corrected chi connectivity index (χ4v) is 2.23. The Bertz CT molecular complexity index is 682. The Labute approximate surface area is 136 Å². The van der Waals surface area contributed by atoms with E-state index in [1.807, 2.05) is 0 Å². The van der Waals surface area contributed by atoms with Crippen LogP contribution in [0.5, 0.6) is 0 Å². The molecule has 124 valence electrons. The summed E-state index contributed by atoms with van der Waals surface area (Å²) in [5, 5.41) is 2.38. The zero-order chi connectivity index (χ0) is 17.3. The van der Waals surface area contributed by atoms with Crippen LogP contribution in [0.15, 0.2) is 34.8 Å². The summed E-state index contributed by atoms with van der Waals surface area (Å²) in [6.07, 6.45) is -2.85. The van der Waals surface area contributed by atoms with Gasteiger partial charge in [0.2, 0.25) is 5.60 Å². The SMILES string of the molecule is CC(C)=CCO[C@]1(C(F)(F)F)C=NC(=O)Nc2ccc(Cl)cc21. The van der Waals surface area contributed by atoms with Gasteiger partial charge in [-0.25, -0.2) is 9.79 Å². The maximum absolute atomic E-state index is 13.8. The van der Waals surface area contributed by atoms with Crippen molar-refractivity contribution in [3.63, 3.8) is 0 Å². The summed E-state index contributed by atoms with van der Waals surface area (Å²) in [5.74, 6) is 0. The van der Waals surface area contributed by atoms with Gasteiger partial charge in [0.25, 0.3) is 0 Å². The van der Waals surface area contributed by atoms with Crippen LogP contribution in [0.2, 0.25) is 5.02 Å². The van der Waals surface area contributed by atoms with Gasteiger partial charge < -0.3 is 10.1 Å². The first-order chi connectivity index (χ1) is 10.7. The zero-order valence-corrected chi connectivity index (χ0v) is 13.1. The summed E-state index contributed by atoms with van der Waals surface area (Å²) in [7, 11) is 0. The highest BCUT2D eigenvalue weighted by atomic mass is 35.5. The number of amides is 2. The molecule has 1 atom stereocenters. The molecule has 0 aromatic heterocycles. The Hall–Kier alpha value is -1.86. The van der Waals surface area contributed by atoms with Crippen molar-refractivity contribution < 1.29 is 22.7 Å². The Balaban J connectivity index is 2.64. The predicted octanol–water partition coefficient (Wildman–Crippen LogP) is 4.70. The molecule has 0 unspecified atom stereocenters. The van der Waals surface area contributed by atoms with Gasteiger partial charge >= 0.3 is 12.2 Å². The Morgan fingerprint density at radius 2 is 2.13 bits per heavy atom. The molecule has 4 nitrogen and oxygen atoms in total. The van der Waals surface area contributed by atoms with Crippen LogP contribution >= 0.6 is 11.6 Å². The molecule has 8 heteroatoms. The average molecular weight is 347 g/mol. The summed E-state index contributed by atoms with van der Waals surface area (Å²) in [4.78, 5) is 14.9. The molecule has 2 amide bonds. The largest absolute Gasteiger partial charge is 0.427 e. The first kappa shape index (κ1) is 17.5. The smallest absolute Gasteiger partial charge is 0.352 e. The van der Waals surface area contributed by atoms with Gasteiger partial charge in [-0.1, -0.05) is 23.3 Å². The van der Waals surface area contributed by atoms with Gasteiger partial charge in [0, 0.05) is 16.3 Å². The highest BCUT2D eigenvalue weighted by molar-refractivity contribution is 6.30. The van der Waals surface area contributed by atoms with Gasteiger partial charge in [0.1, 0.15) is 0 Å². The highest BCUT2D eigenvalue weighted by Crippen LogP contribution is 2.45. The van der Waals surface area contributed by atoms with Crippen molar-refractivity contribution >= 4 is 29.5 Å². The number of benzene rings is 1. The first-order valence-electron chi connectivity index (χ1n) is 6.66. The molecule has 0 saturated carbocycles. The second-order valence-electron chi connectivity index (χ2n) is 5.20. The maximum Gasteiger partial charge on any atom is 0.427 e. The quantitative estimate of drug-likeness (QED) is 0.807. The van der Waals surface area contributed by atoms with E-state index >= 15 is 0 Å². The monoisotopic (exact) mass is 346 g/mol. The lowest BCUT2D eigenvalue weighted by Crippen LogP contribution is -2.46. The van der Waals surface area contributed by atoms with Gasteiger partial charge in [-0.05, 0) is 32.0 Å². The number of alkyl halides is 3. The van der Waals surface area contributed by atoms with E-state index in [0.29, 0.717) is 6.21 Å². The molecule has 0 aliphatic carbocycles. The minimum Gasteiger partial charge on any atom is -0.352 e. The fraction of sp³-hybridized carbons (Fsp3) is 0.333. The van der Waals surface area contributed by atoms with Crippen LogP contribution in [0.4, 0.5) is 23.7 Å².